The van der Waals surface area contributed by atoms with E-state index in [0.29, 0.717) is 12.5 Å². The van der Waals surface area contributed by atoms with Crippen molar-refractivity contribution >= 4 is 5.96 Å². The van der Waals surface area contributed by atoms with Gasteiger partial charge in [-0.1, -0.05) is 13.0 Å². The molecular formula is C11H18N4. The molecule has 0 unspecified atom stereocenters. The van der Waals surface area contributed by atoms with Crippen LogP contribution in [0.2, 0.25) is 0 Å². The number of nitrogens with two attached hydrogens (primary N) is 1. The van der Waals surface area contributed by atoms with Crippen LogP contribution in [-0.2, 0) is 6.54 Å². The van der Waals surface area contributed by atoms with E-state index in [1.807, 2.05) is 30.1 Å². The Balaban J connectivity index is 2.52. The lowest BCUT2D eigenvalue weighted by atomic mass is 10.3. The van der Waals surface area contributed by atoms with E-state index in [2.05, 4.69) is 16.9 Å². The van der Waals surface area contributed by atoms with E-state index in [1.165, 1.54) is 0 Å². The summed E-state index contributed by atoms with van der Waals surface area (Å²) in [6, 6.07) is 5.84. The minimum absolute atomic E-state index is 0.572. The van der Waals surface area contributed by atoms with E-state index >= 15 is 0 Å². The molecule has 82 valence electrons. The van der Waals surface area contributed by atoms with Gasteiger partial charge in [-0.2, -0.15) is 0 Å². The van der Waals surface area contributed by atoms with Crippen LogP contribution in [0.1, 0.15) is 19.0 Å². The average molecular weight is 206 g/mol. The van der Waals surface area contributed by atoms with Gasteiger partial charge in [-0.15, -0.1) is 0 Å². The minimum Gasteiger partial charge on any atom is -0.370 e. The van der Waals surface area contributed by atoms with Gasteiger partial charge in [0.1, 0.15) is 0 Å². The molecule has 0 spiro atoms. The Hall–Kier alpha value is -1.58. The van der Waals surface area contributed by atoms with Crippen molar-refractivity contribution in [2.45, 2.75) is 19.9 Å². The second-order valence-corrected chi connectivity index (χ2v) is 3.42. The van der Waals surface area contributed by atoms with Crippen LogP contribution in [0, 0.1) is 0 Å². The molecule has 1 heterocycles. The molecule has 0 bridgehead atoms. The first kappa shape index (κ1) is 11.5. The predicted octanol–water partition coefficient (Wildman–Crippen LogP) is 1.24. The Labute approximate surface area is 90.8 Å². The summed E-state index contributed by atoms with van der Waals surface area (Å²) in [7, 11) is 1.92. The van der Waals surface area contributed by atoms with Crippen LogP contribution in [0.5, 0.6) is 0 Å². The molecule has 0 saturated carbocycles. The first-order valence-corrected chi connectivity index (χ1v) is 5.15. The highest BCUT2D eigenvalue weighted by Crippen LogP contribution is 1.98. The van der Waals surface area contributed by atoms with Crippen molar-refractivity contribution in [1.82, 2.24) is 9.88 Å². The standard InChI is InChI=1S/C11H18N4/c1-3-7-14-11(12)15(2)9-10-6-4-5-8-13-10/h4-6,8H,3,7,9H2,1-2H3,(H2,12,14). The van der Waals surface area contributed by atoms with Crippen molar-refractivity contribution in [2.24, 2.45) is 10.7 Å². The molecule has 0 aromatic carbocycles. The first-order valence-electron chi connectivity index (χ1n) is 5.15. The van der Waals surface area contributed by atoms with Crippen LogP contribution >= 0.6 is 0 Å². The molecule has 0 aliphatic rings. The molecule has 0 radical (unpaired) electrons. The first-order chi connectivity index (χ1) is 7.24. The number of aromatic nitrogens is 1. The molecule has 1 aromatic heterocycles. The predicted molar refractivity (Wildman–Crippen MR) is 62.5 cm³/mol. The molecule has 0 amide bonds. The van der Waals surface area contributed by atoms with Gasteiger partial charge in [0, 0.05) is 19.8 Å². The Morgan fingerprint density at radius 3 is 2.93 bits per heavy atom. The maximum absolute atomic E-state index is 5.80. The molecule has 4 heteroatoms. The van der Waals surface area contributed by atoms with Crippen molar-refractivity contribution in [3.63, 3.8) is 0 Å². The Kier molecular flexibility index (Phi) is 4.60. The largest absolute Gasteiger partial charge is 0.370 e. The highest BCUT2D eigenvalue weighted by Gasteiger charge is 2.02. The SMILES string of the molecule is CCCN=C(N)N(C)Cc1ccccn1. The van der Waals surface area contributed by atoms with Crippen LogP contribution in [-0.4, -0.2) is 29.4 Å². The third kappa shape index (κ3) is 3.97. The topological polar surface area (TPSA) is 54.5 Å². The number of hydrogen-bond acceptors (Lipinski definition) is 2. The molecule has 0 atom stereocenters. The summed E-state index contributed by atoms with van der Waals surface area (Å²) in [4.78, 5) is 10.4. The number of rotatable bonds is 4. The smallest absolute Gasteiger partial charge is 0.191 e. The van der Waals surface area contributed by atoms with Crippen molar-refractivity contribution in [1.29, 1.82) is 0 Å². The molecule has 0 aliphatic heterocycles. The zero-order valence-corrected chi connectivity index (χ0v) is 9.35. The molecule has 15 heavy (non-hydrogen) atoms. The van der Waals surface area contributed by atoms with E-state index < -0.39 is 0 Å². The van der Waals surface area contributed by atoms with Gasteiger partial charge in [-0.25, -0.2) is 0 Å². The molecule has 0 aliphatic carbocycles. The summed E-state index contributed by atoms with van der Waals surface area (Å²) >= 11 is 0. The second-order valence-electron chi connectivity index (χ2n) is 3.42. The molecule has 2 N–H and O–H groups in total. The summed E-state index contributed by atoms with van der Waals surface area (Å²) in [6.07, 6.45) is 2.79. The normalized spacial score (nSPS) is 11.5. The molecule has 1 aromatic rings. The van der Waals surface area contributed by atoms with Gasteiger partial charge in [-0.05, 0) is 18.6 Å². The van der Waals surface area contributed by atoms with Crippen molar-refractivity contribution < 1.29 is 0 Å². The summed E-state index contributed by atoms with van der Waals surface area (Å²) < 4.78 is 0. The quantitative estimate of drug-likeness (QED) is 0.595. The van der Waals surface area contributed by atoms with Crippen molar-refractivity contribution in [3.05, 3.63) is 30.1 Å². The van der Waals surface area contributed by atoms with Crippen LogP contribution in [0.3, 0.4) is 0 Å². The van der Waals surface area contributed by atoms with E-state index in [1.54, 1.807) is 6.20 Å². The summed E-state index contributed by atoms with van der Waals surface area (Å²) in [5.41, 5.74) is 6.79. The summed E-state index contributed by atoms with van der Waals surface area (Å²) in [5.74, 6) is 0.572. The van der Waals surface area contributed by atoms with E-state index in [4.69, 9.17) is 5.73 Å². The lowest BCUT2D eigenvalue weighted by Crippen LogP contribution is -2.33. The van der Waals surface area contributed by atoms with Crippen LogP contribution in [0.15, 0.2) is 29.4 Å². The third-order valence-corrected chi connectivity index (χ3v) is 2.01. The fourth-order valence-corrected chi connectivity index (χ4v) is 1.16. The van der Waals surface area contributed by atoms with Gasteiger partial charge >= 0.3 is 0 Å². The van der Waals surface area contributed by atoms with Crippen LogP contribution in [0.4, 0.5) is 0 Å². The van der Waals surface area contributed by atoms with Gasteiger partial charge in [0.15, 0.2) is 5.96 Å². The van der Waals surface area contributed by atoms with E-state index in [0.717, 1.165) is 18.7 Å². The third-order valence-electron chi connectivity index (χ3n) is 2.01. The van der Waals surface area contributed by atoms with Crippen LogP contribution in [0.25, 0.3) is 0 Å². The van der Waals surface area contributed by atoms with Crippen LogP contribution < -0.4 is 5.73 Å². The number of nitrogens with zero attached hydrogens (tertiary/aromatic N) is 3. The maximum atomic E-state index is 5.80. The highest BCUT2D eigenvalue weighted by molar-refractivity contribution is 5.77. The minimum atomic E-state index is 0.572. The highest BCUT2D eigenvalue weighted by atomic mass is 15.2. The monoisotopic (exact) mass is 206 g/mol. The van der Waals surface area contributed by atoms with Gasteiger partial charge < -0.3 is 10.6 Å². The fourth-order valence-electron chi connectivity index (χ4n) is 1.16. The maximum Gasteiger partial charge on any atom is 0.191 e. The molecule has 4 nitrogen and oxygen atoms in total. The van der Waals surface area contributed by atoms with Gasteiger partial charge in [0.2, 0.25) is 0 Å². The summed E-state index contributed by atoms with van der Waals surface area (Å²) in [5, 5.41) is 0. The van der Waals surface area contributed by atoms with E-state index in [9.17, 15) is 0 Å². The zero-order valence-electron chi connectivity index (χ0n) is 9.35. The van der Waals surface area contributed by atoms with Gasteiger partial charge in [0.05, 0.1) is 12.2 Å². The number of hydrogen-bond donors (Lipinski definition) is 1. The lowest BCUT2D eigenvalue weighted by Gasteiger charge is -2.17. The van der Waals surface area contributed by atoms with Crippen molar-refractivity contribution in [3.8, 4) is 0 Å². The number of aliphatic imine (C=N–C) groups is 1. The molecule has 0 fully saturated rings. The molecular weight excluding hydrogens is 188 g/mol. The molecule has 1 rings (SSSR count). The van der Waals surface area contributed by atoms with E-state index in [-0.39, 0.29) is 0 Å². The number of pyridine rings is 1. The number of guanidine groups is 1. The molecule has 0 saturated heterocycles. The summed E-state index contributed by atoms with van der Waals surface area (Å²) in [6.45, 7) is 3.55. The second kappa shape index (κ2) is 6.01. The van der Waals surface area contributed by atoms with Crippen molar-refractivity contribution in [2.75, 3.05) is 13.6 Å². The average Bonchev–Trinajstić information content (AvgIpc) is 2.27. The van der Waals surface area contributed by atoms with Gasteiger partial charge in [0.25, 0.3) is 0 Å². The van der Waals surface area contributed by atoms with Gasteiger partial charge in [-0.3, -0.25) is 9.98 Å². The fraction of sp³-hybridized carbons (Fsp3) is 0.455. The Bertz CT molecular complexity index is 308. The Morgan fingerprint density at radius 1 is 1.53 bits per heavy atom. The zero-order chi connectivity index (χ0) is 11.1. The Morgan fingerprint density at radius 2 is 2.33 bits per heavy atom. The lowest BCUT2D eigenvalue weighted by molar-refractivity contribution is 0.484.